The van der Waals surface area contributed by atoms with Crippen molar-refractivity contribution in [2.24, 2.45) is 11.5 Å². The first-order valence-electron chi connectivity index (χ1n) is 13.3. The minimum Gasteiger partial charge on any atom is -0.366 e. The highest BCUT2D eigenvalue weighted by Gasteiger charge is 2.20. The lowest BCUT2D eigenvalue weighted by atomic mass is 9.92. The Morgan fingerprint density at radius 2 is 1.58 bits per heavy atom. The van der Waals surface area contributed by atoms with Crippen molar-refractivity contribution in [3.8, 4) is 11.1 Å². The first kappa shape index (κ1) is 27.3. The molecule has 2 heterocycles. The van der Waals surface area contributed by atoms with Gasteiger partial charge in [0.25, 0.3) is 17.7 Å². The number of primary amides is 1. The van der Waals surface area contributed by atoms with Crippen LogP contribution in [0.4, 0.5) is 15.9 Å². The van der Waals surface area contributed by atoms with Crippen molar-refractivity contribution >= 4 is 51.0 Å². The molecule has 0 aliphatic rings. The Hall–Kier alpha value is -5.87. The molecule has 0 radical (unpaired) electrons. The number of benzene rings is 4. The van der Waals surface area contributed by atoms with E-state index in [-0.39, 0.29) is 18.0 Å². The number of pyridine rings is 1. The molecule has 0 unspecified atom stereocenters. The second kappa shape index (κ2) is 11.2. The summed E-state index contributed by atoms with van der Waals surface area (Å²) in [6.45, 7) is 0.0917. The molecule has 10 heteroatoms. The molecular weight excluding hydrogens is 547 g/mol. The first-order chi connectivity index (χ1) is 20.8. The molecule has 2 aromatic heterocycles. The van der Waals surface area contributed by atoms with Gasteiger partial charge in [0, 0.05) is 45.8 Å². The number of anilines is 2. The van der Waals surface area contributed by atoms with E-state index >= 15 is 0 Å². The quantitative estimate of drug-likeness (QED) is 0.169. The fourth-order valence-corrected chi connectivity index (χ4v) is 5.18. The molecular formula is C33H25FN6O3. The smallest absolute Gasteiger partial charge is 0.256 e. The highest BCUT2D eigenvalue weighted by Crippen LogP contribution is 2.39. The molecule has 0 aliphatic heterocycles. The van der Waals surface area contributed by atoms with Gasteiger partial charge in [-0.2, -0.15) is 0 Å². The number of carbonyl (C=O) groups excluding carboxylic acids is 3. The molecule has 0 spiro atoms. The van der Waals surface area contributed by atoms with Crippen LogP contribution in [0.3, 0.4) is 0 Å². The molecule has 0 atom stereocenters. The molecule has 9 nitrogen and oxygen atoms in total. The van der Waals surface area contributed by atoms with Crippen LogP contribution in [0, 0.1) is 5.82 Å². The number of aromatic nitrogens is 2. The Balaban J connectivity index is 1.46. The maximum atomic E-state index is 13.4. The summed E-state index contributed by atoms with van der Waals surface area (Å²) in [7, 11) is 0. The second-order valence-electron chi connectivity index (χ2n) is 9.83. The van der Waals surface area contributed by atoms with Crippen molar-refractivity contribution in [1.29, 1.82) is 0 Å². The Kier molecular flexibility index (Phi) is 7.10. The van der Waals surface area contributed by atoms with Crippen LogP contribution < -0.4 is 22.1 Å². The van der Waals surface area contributed by atoms with Crippen LogP contribution in [0.2, 0.25) is 0 Å². The lowest BCUT2D eigenvalue weighted by Gasteiger charge is -2.16. The zero-order valence-corrected chi connectivity index (χ0v) is 22.6. The number of amides is 3. The van der Waals surface area contributed by atoms with Crippen LogP contribution in [-0.2, 0) is 6.54 Å². The third-order valence-corrected chi connectivity index (χ3v) is 7.21. The number of nitrogens with two attached hydrogens (primary N) is 2. The normalized spacial score (nSPS) is 11.0. The predicted molar refractivity (Wildman–Crippen MR) is 164 cm³/mol. The first-order valence-corrected chi connectivity index (χ1v) is 13.3. The van der Waals surface area contributed by atoms with E-state index in [9.17, 15) is 18.8 Å². The second-order valence-corrected chi connectivity index (χ2v) is 9.83. The van der Waals surface area contributed by atoms with E-state index in [1.807, 2.05) is 6.07 Å². The summed E-state index contributed by atoms with van der Waals surface area (Å²) in [6, 6.07) is 24.5. The molecule has 0 saturated carbocycles. The van der Waals surface area contributed by atoms with E-state index in [1.54, 1.807) is 66.9 Å². The Labute approximate surface area is 244 Å². The van der Waals surface area contributed by atoms with E-state index in [0.717, 1.165) is 16.5 Å². The molecule has 7 N–H and O–H groups in total. The van der Waals surface area contributed by atoms with Crippen LogP contribution in [0.25, 0.3) is 32.9 Å². The average Bonchev–Trinajstić information content (AvgIpc) is 3.40. The lowest BCUT2D eigenvalue weighted by molar-refractivity contribution is 0.0997. The van der Waals surface area contributed by atoms with Crippen LogP contribution >= 0.6 is 0 Å². The Morgan fingerprint density at radius 3 is 2.30 bits per heavy atom. The number of nitrogens with one attached hydrogen (secondary N) is 3. The maximum Gasteiger partial charge on any atom is 0.256 e. The molecule has 6 aromatic rings. The Morgan fingerprint density at radius 1 is 0.814 bits per heavy atom. The number of H-pyrrole nitrogens is 1. The van der Waals surface area contributed by atoms with Crippen molar-refractivity contribution in [2.45, 2.75) is 6.54 Å². The number of fused-ring (bicyclic) bond motifs is 3. The summed E-state index contributed by atoms with van der Waals surface area (Å²) in [4.78, 5) is 45.7. The number of rotatable bonds is 7. The van der Waals surface area contributed by atoms with Gasteiger partial charge in [-0.05, 0) is 77.4 Å². The molecule has 0 saturated heterocycles. The number of aromatic amines is 1. The number of hydrogen-bond acceptors (Lipinski definition) is 5. The molecule has 212 valence electrons. The summed E-state index contributed by atoms with van der Waals surface area (Å²) in [5.41, 5.74) is 16.7. The van der Waals surface area contributed by atoms with Gasteiger partial charge < -0.3 is 27.1 Å². The van der Waals surface area contributed by atoms with E-state index in [1.165, 1.54) is 24.3 Å². The fourth-order valence-electron chi connectivity index (χ4n) is 5.18. The van der Waals surface area contributed by atoms with E-state index in [0.29, 0.717) is 44.6 Å². The standard InChI is InChI=1S/C33H25FN6O3/c34-20-10-7-18(8-11-20)32(42)39-26-5-3-4-21(25(26)17-35)22-13-14-24(31(36)41)30-29(22)23-12-9-19(16-27(23)38-30)33(43)40-28-6-1-2-15-37-28/h1-16,38H,17,35H2,(H2,36,41)(H,39,42)(H,37,40,43). The lowest BCUT2D eigenvalue weighted by Crippen LogP contribution is -2.15. The zero-order chi connectivity index (χ0) is 30.1. The van der Waals surface area contributed by atoms with Crippen LogP contribution in [0.15, 0.2) is 97.2 Å². The van der Waals surface area contributed by atoms with E-state index in [2.05, 4.69) is 20.6 Å². The van der Waals surface area contributed by atoms with Crippen molar-refractivity contribution in [3.63, 3.8) is 0 Å². The van der Waals surface area contributed by atoms with Gasteiger partial charge >= 0.3 is 0 Å². The summed E-state index contributed by atoms with van der Waals surface area (Å²) < 4.78 is 13.4. The zero-order valence-electron chi connectivity index (χ0n) is 22.6. The van der Waals surface area contributed by atoms with E-state index < -0.39 is 17.6 Å². The average molecular weight is 573 g/mol. The van der Waals surface area contributed by atoms with Gasteiger partial charge in [-0.1, -0.05) is 30.3 Å². The van der Waals surface area contributed by atoms with Gasteiger partial charge in [-0.3, -0.25) is 14.4 Å². The maximum absolute atomic E-state index is 13.4. The van der Waals surface area contributed by atoms with Gasteiger partial charge in [-0.15, -0.1) is 0 Å². The molecule has 0 fully saturated rings. The minimum absolute atomic E-state index is 0.0917. The van der Waals surface area contributed by atoms with Gasteiger partial charge in [0.05, 0.1) is 11.1 Å². The monoisotopic (exact) mass is 572 g/mol. The van der Waals surface area contributed by atoms with Crippen molar-refractivity contribution in [1.82, 2.24) is 9.97 Å². The highest BCUT2D eigenvalue weighted by atomic mass is 19.1. The molecule has 0 aliphatic carbocycles. The predicted octanol–water partition coefficient (Wildman–Crippen LogP) is 5.58. The number of nitrogens with zero attached hydrogens (tertiary/aromatic N) is 1. The molecule has 4 aromatic carbocycles. The molecule has 43 heavy (non-hydrogen) atoms. The van der Waals surface area contributed by atoms with E-state index in [4.69, 9.17) is 11.5 Å². The topological polar surface area (TPSA) is 156 Å². The highest BCUT2D eigenvalue weighted by molar-refractivity contribution is 6.21. The summed E-state index contributed by atoms with van der Waals surface area (Å²) >= 11 is 0. The summed E-state index contributed by atoms with van der Waals surface area (Å²) in [6.07, 6.45) is 1.59. The van der Waals surface area contributed by atoms with Gasteiger partial charge in [0.1, 0.15) is 11.6 Å². The van der Waals surface area contributed by atoms with Crippen molar-refractivity contribution < 1.29 is 18.8 Å². The van der Waals surface area contributed by atoms with Crippen LogP contribution in [-0.4, -0.2) is 27.7 Å². The largest absolute Gasteiger partial charge is 0.366 e. The third-order valence-electron chi connectivity index (χ3n) is 7.21. The van der Waals surface area contributed by atoms with Gasteiger partial charge in [-0.25, -0.2) is 9.37 Å². The molecule has 0 bridgehead atoms. The Bertz CT molecular complexity index is 2040. The SMILES string of the molecule is NCc1c(NC(=O)c2ccc(F)cc2)cccc1-c1ccc(C(N)=O)c2[nH]c3cc(C(=O)Nc4ccccn4)ccc3c12. The summed E-state index contributed by atoms with van der Waals surface area (Å²) in [5.74, 6) is -1.39. The number of carbonyl (C=O) groups is 3. The number of hydrogen-bond donors (Lipinski definition) is 5. The third kappa shape index (κ3) is 5.18. The fraction of sp³-hybridized carbons (Fsp3) is 0.0303. The van der Waals surface area contributed by atoms with Crippen molar-refractivity contribution in [3.05, 3.63) is 125 Å². The van der Waals surface area contributed by atoms with Crippen LogP contribution in [0.1, 0.15) is 36.6 Å². The van der Waals surface area contributed by atoms with Gasteiger partial charge in [0.2, 0.25) is 0 Å². The molecule has 3 amide bonds. The summed E-state index contributed by atoms with van der Waals surface area (Å²) in [5, 5.41) is 7.12. The van der Waals surface area contributed by atoms with Crippen LogP contribution in [0.5, 0.6) is 0 Å². The van der Waals surface area contributed by atoms with Gasteiger partial charge in [0.15, 0.2) is 0 Å². The number of halogens is 1. The van der Waals surface area contributed by atoms with Crippen molar-refractivity contribution in [2.75, 3.05) is 10.6 Å². The molecule has 6 rings (SSSR count). The minimum atomic E-state index is -0.615.